The molecule has 0 bridgehead atoms. The second kappa shape index (κ2) is 10.4. The molecule has 0 aliphatic rings. The SMILES string of the molecule is CC(C)(C)[Si](C)(CCc1cccc(Br)c1)O[Si](C)(CCc1cccc(Br)c1)C(C)(C)C. The maximum atomic E-state index is 7.51. The van der Waals surface area contributed by atoms with E-state index in [1.54, 1.807) is 0 Å². The maximum absolute atomic E-state index is 7.51. The molecule has 0 saturated carbocycles. The lowest BCUT2D eigenvalue weighted by Crippen LogP contribution is -2.57. The van der Waals surface area contributed by atoms with Crippen molar-refractivity contribution in [2.75, 3.05) is 0 Å². The molecular weight excluding hydrogens is 544 g/mol. The van der Waals surface area contributed by atoms with Crippen LogP contribution in [-0.2, 0) is 17.0 Å². The molecule has 172 valence electrons. The summed E-state index contributed by atoms with van der Waals surface area (Å²) < 4.78 is 9.83. The quantitative estimate of drug-likeness (QED) is 0.281. The van der Waals surface area contributed by atoms with E-state index < -0.39 is 16.6 Å². The summed E-state index contributed by atoms with van der Waals surface area (Å²) in [5.41, 5.74) is 2.79. The summed E-state index contributed by atoms with van der Waals surface area (Å²) in [6.45, 7) is 19.3. The highest BCUT2D eigenvalue weighted by Crippen LogP contribution is 2.48. The van der Waals surface area contributed by atoms with Gasteiger partial charge >= 0.3 is 0 Å². The second-order valence-electron chi connectivity index (χ2n) is 11.3. The fraction of sp³-hybridized carbons (Fsp3) is 0.538. The van der Waals surface area contributed by atoms with Crippen LogP contribution in [-0.4, -0.2) is 16.6 Å². The Morgan fingerprint density at radius 1 is 0.677 bits per heavy atom. The van der Waals surface area contributed by atoms with Gasteiger partial charge in [0.25, 0.3) is 0 Å². The highest BCUT2D eigenvalue weighted by Gasteiger charge is 2.51. The van der Waals surface area contributed by atoms with Crippen LogP contribution in [0.2, 0.25) is 35.3 Å². The fourth-order valence-electron chi connectivity index (χ4n) is 3.81. The first kappa shape index (κ1) is 27.0. The van der Waals surface area contributed by atoms with E-state index in [2.05, 4.69) is 135 Å². The molecule has 0 saturated heterocycles. The van der Waals surface area contributed by atoms with Gasteiger partial charge in [0.15, 0.2) is 16.6 Å². The van der Waals surface area contributed by atoms with Crippen molar-refractivity contribution >= 4 is 48.5 Å². The second-order valence-corrected chi connectivity index (χ2v) is 22.9. The van der Waals surface area contributed by atoms with E-state index in [0.717, 1.165) is 33.9 Å². The predicted molar refractivity (Wildman–Crippen MR) is 149 cm³/mol. The zero-order chi connectivity index (χ0) is 23.5. The normalized spacial score (nSPS) is 16.6. The average Bonchev–Trinajstić information content (AvgIpc) is 2.63. The molecule has 0 radical (unpaired) electrons. The molecule has 2 aromatic carbocycles. The van der Waals surface area contributed by atoms with Crippen molar-refractivity contribution in [3.05, 3.63) is 68.6 Å². The molecule has 0 amide bonds. The lowest BCUT2D eigenvalue weighted by molar-refractivity contribution is 0.431. The van der Waals surface area contributed by atoms with Crippen molar-refractivity contribution in [1.29, 1.82) is 0 Å². The molecule has 0 heterocycles. The number of aryl methyl sites for hydroxylation is 2. The zero-order valence-electron chi connectivity index (χ0n) is 20.6. The van der Waals surface area contributed by atoms with Gasteiger partial charge in [0.2, 0.25) is 0 Å². The Morgan fingerprint density at radius 2 is 1.03 bits per heavy atom. The summed E-state index contributed by atoms with van der Waals surface area (Å²) in [6.07, 6.45) is 2.17. The predicted octanol–water partition coefficient (Wildman–Crippen LogP) is 9.76. The summed E-state index contributed by atoms with van der Waals surface area (Å²) in [5.74, 6) is 0. The van der Waals surface area contributed by atoms with Gasteiger partial charge in [-0.1, -0.05) is 97.7 Å². The van der Waals surface area contributed by atoms with Crippen molar-refractivity contribution < 1.29 is 4.12 Å². The minimum Gasteiger partial charge on any atom is -0.454 e. The first-order valence-corrected chi connectivity index (χ1v) is 18.2. The van der Waals surface area contributed by atoms with Crippen LogP contribution in [0.3, 0.4) is 0 Å². The molecule has 2 rings (SSSR count). The largest absolute Gasteiger partial charge is 0.454 e. The maximum Gasteiger partial charge on any atom is 0.182 e. The van der Waals surface area contributed by atoms with E-state index in [-0.39, 0.29) is 10.1 Å². The molecule has 2 aromatic rings. The third-order valence-electron chi connectivity index (χ3n) is 7.18. The van der Waals surface area contributed by atoms with Crippen LogP contribution < -0.4 is 0 Å². The van der Waals surface area contributed by atoms with E-state index in [4.69, 9.17) is 4.12 Å². The number of benzene rings is 2. The van der Waals surface area contributed by atoms with Gasteiger partial charge in [0.05, 0.1) is 0 Å². The first-order valence-electron chi connectivity index (χ1n) is 11.3. The van der Waals surface area contributed by atoms with E-state index in [9.17, 15) is 0 Å². The highest BCUT2D eigenvalue weighted by atomic mass is 79.9. The van der Waals surface area contributed by atoms with Gasteiger partial charge in [-0.05, 0) is 83.5 Å². The highest BCUT2D eigenvalue weighted by molar-refractivity contribution is 9.10. The Kier molecular flexibility index (Phi) is 9.05. The minimum absolute atomic E-state index is 0.189. The Balaban J connectivity index is 2.27. The van der Waals surface area contributed by atoms with Gasteiger partial charge in [0, 0.05) is 8.95 Å². The van der Waals surface area contributed by atoms with Crippen molar-refractivity contribution in [1.82, 2.24) is 0 Å². The standard InChI is InChI=1S/C26H40Br2OSi2/c1-25(2,3)30(7,17-15-21-11-9-13-23(27)19-21)29-31(8,26(4,5)6)18-16-22-12-10-14-24(28)20-22/h9-14,19-20H,15-18H2,1-8H3. The van der Waals surface area contributed by atoms with Crippen LogP contribution in [0.5, 0.6) is 0 Å². The lowest BCUT2D eigenvalue weighted by atomic mass is 10.2. The number of hydrogen-bond acceptors (Lipinski definition) is 1. The van der Waals surface area contributed by atoms with E-state index >= 15 is 0 Å². The molecule has 2 atom stereocenters. The van der Waals surface area contributed by atoms with Crippen molar-refractivity contribution in [2.45, 2.75) is 89.6 Å². The molecule has 31 heavy (non-hydrogen) atoms. The number of halogens is 2. The molecule has 2 unspecified atom stereocenters. The van der Waals surface area contributed by atoms with Crippen LogP contribution in [0.25, 0.3) is 0 Å². The Morgan fingerprint density at radius 3 is 1.32 bits per heavy atom. The minimum atomic E-state index is -2.01. The Labute approximate surface area is 209 Å². The zero-order valence-corrected chi connectivity index (χ0v) is 25.8. The van der Waals surface area contributed by atoms with Crippen LogP contribution in [0.1, 0.15) is 52.7 Å². The van der Waals surface area contributed by atoms with Gasteiger partial charge in [-0.25, -0.2) is 0 Å². The van der Waals surface area contributed by atoms with E-state index in [1.165, 1.54) is 11.1 Å². The summed E-state index contributed by atoms with van der Waals surface area (Å²) in [6, 6.07) is 19.8. The lowest BCUT2D eigenvalue weighted by Gasteiger charge is -2.50. The summed E-state index contributed by atoms with van der Waals surface area (Å²) >= 11 is 7.26. The summed E-state index contributed by atoms with van der Waals surface area (Å²) in [7, 11) is -4.02. The topological polar surface area (TPSA) is 9.23 Å². The van der Waals surface area contributed by atoms with Crippen LogP contribution in [0, 0.1) is 0 Å². The fourth-order valence-corrected chi connectivity index (χ4v) is 15.0. The van der Waals surface area contributed by atoms with Gasteiger partial charge in [0.1, 0.15) is 0 Å². The Hall–Kier alpha value is -0.206. The van der Waals surface area contributed by atoms with Gasteiger partial charge in [-0.2, -0.15) is 0 Å². The molecule has 0 aliphatic carbocycles. The van der Waals surface area contributed by atoms with Crippen LogP contribution in [0.4, 0.5) is 0 Å². The van der Waals surface area contributed by atoms with Crippen LogP contribution in [0.15, 0.2) is 57.5 Å². The molecule has 1 nitrogen and oxygen atoms in total. The third-order valence-corrected chi connectivity index (χ3v) is 20.5. The van der Waals surface area contributed by atoms with Crippen molar-refractivity contribution in [2.24, 2.45) is 0 Å². The van der Waals surface area contributed by atoms with Gasteiger partial charge < -0.3 is 4.12 Å². The first-order chi connectivity index (χ1) is 14.2. The average molecular weight is 585 g/mol. The molecular formula is C26H40Br2OSi2. The molecule has 0 fully saturated rings. The number of hydrogen-bond donors (Lipinski definition) is 0. The van der Waals surface area contributed by atoms with Crippen molar-refractivity contribution in [3.63, 3.8) is 0 Å². The van der Waals surface area contributed by atoms with E-state index in [0.29, 0.717) is 0 Å². The van der Waals surface area contributed by atoms with Gasteiger partial charge in [-0.15, -0.1) is 0 Å². The van der Waals surface area contributed by atoms with Gasteiger partial charge in [-0.3, -0.25) is 0 Å². The number of rotatable bonds is 8. The molecule has 5 heteroatoms. The summed E-state index contributed by atoms with van der Waals surface area (Å²) in [5, 5.41) is 0.378. The third kappa shape index (κ3) is 7.39. The molecule has 0 aromatic heterocycles. The molecule has 0 N–H and O–H groups in total. The van der Waals surface area contributed by atoms with Crippen molar-refractivity contribution in [3.8, 4) is 0 Å². The van der Waals surface area contributed by atoms with E-state index in [1.807, 2.05) is 0 Å². The van der Waals surface area contributed by atoms with Crippen LogP contribution >= 0.6 is 31.9 Å². The Bertz CT molecular complexity index is 801. The molecule has 0 spiro atoms. The molecule has 0 aliphatic heterocycles. The monoisotopic (exact) mass is 582 g/mol. The summed E-state index contributed by atoms with van der Waals surface area (Å²) in [4.78, 5) is 0. The smallest absolute Gasteiger partial charge is 0.182 e.